The summed E-state index contributed by atoms with van der Waals surface area (Å²) in [7, 11) is 1.86. The molecule has 0 atom stereocenters. The number of aromatic nitrogens is 1. The number of halogens is 1. The lowest BCUT2D eigenvalue weighted by atomic mass is 10.1. The molecule has 1 aromatic carbocycles. The maximum atomic E-state index is 11.3. The molecule has 0 bridgehead atoms. The lowest BCUT2D eigenvalue weighted by molar-refractivity contribution is 0.107. The van der Waals surface area contributed by atoms with Gasteiger partial charge in [0.1, 0.15) is 5.69 Å². The van der Waals surface area contributed by atoms with Gasteiger partial charge in [0.2, 0.25) is 0 Å². The van der Waals surface area contributed by atoms with Crippen LogP contribution in [0.4, 0.5) is 0 Å². The number of hydrogen-bond donors (Lipinski definition) is 0. The van der Waals surface area contributed by atoms with Crippen molar-refractivity contribution in [2.45, 2.75) is 13.8 Å². The predicted octanol–water partition coefficient (Wildman–Crippen LogP) is 3.17. The van der Waals surface area contributed by atoms with Gasteiger partial charge in [0.25, 0.3) is 5.24 Å². The molecule has 1 heterocycles. The molecule has 0 aliphatic rings. The predicted molar refractivity (Wildman–Crippen MR) is 62.6 cm³/mol. The zero-order chi connectivity index (χ0) is 11.2. The second-order valence-electron chi connectivity index (χ2n) is 3.83. The van der Waals surface area contributed by atoms with Crippen LogP contribution < -0.4 is 0 Å². The van der Waals surface area contributed by atoms with Crippen molar-refractivity contribution in [3.05, 3.63) is 35.0 Å². The maximum absolute atomic E-state index is 11.3. The summed E-state index contributed by atoms with van der Waals surface area (Å²) in [4.78, 5) is 11.3. The van der Waals surface area contributed by atoms with E-state index in [1.165, 1.54) is 5.56 Å². The molecule has 0 fully saturated rings. The van der Waals surface area contributed by atoms with Crippen LogP contribution in [-0.4, -0.2) is 9.81 Å². The standard InChI is InChI=1S/C12H12ClNO/c1-7-4-5-10-9(6-7)8(2)11(12(13)15)14(10)3/h4-6H,1-3H3. The number of carbonyl (C=O) groups is 1. The SMILES string of the molecule is Cc1ccc2c(c1)c(C)c(C(=O)Cl)n2C. The largest absolute Gasteiger partial charge is 0.340 e. The van der Waals surface area contributed by atoms with E-state index in [9.17, 15) is 4.79 Å². The van der Waals surface area contributed by atoms with Crippen LogP contribution in [0.15, 0.2) is 18.2 Å². The summed E-state index contributed by atoms with van der Waals surface area (Å²) in [5, 5.41) is 0.699. The normalized spacial score (nSPS) is 10.9. The topological polar surface area (TPSA) is 22.0 Å². The molecule has 0 unspecified atom stereocenters. The van der Waals surface area contributed by atoms with Gasteiger partial charge in [-0.05, 0) is 43.1 Å². The second kappa shape index (κ2) is 3.38. The van der Waals surface area contributed by atoms with Gasteiger partial charge in [-0.2, -0.15) is 0 Å². The number of nitrogens with zero attached hydrogens (tertiary/aromatic N) is 1. The minimum absolute atomic E-state index is 0.399. The summed E-state index contributed by atoms with van der Waals surface area (Å²) in [6, 6.07) is 6.12. The Morgan fingerprint density at radius 3 is 2.60 bits per heavy atom. The van der Waals surface area contributed by atoms with Crippen LogP contribution in [0, 0.1) is 13.8 Å². The minimum atomic E-state index is -0.399. The molecule has 2 aromatic rings. The third-order valence-electron chi connectivity index (χ3n) is 2.79. The third-order valence-corrected chi connectivity index (χ3v) is 2.97. The number of rotatable bonds is 1. The average molecular weight is 222 g/mol. The summed E-state index contributed by atoms with van der Waals surface area (Å²) >= 11 is 5.57. The van der Waals surface area contributed by atoms with E-state index in [4.69, 9.17) is 11.6 Å². The summed E-state index contributed by atoms with van der Waals surface area (Å²) in [6.45, 7) is 3.96. The zero-order valence-corrected chi connectivity index (χ0v) is 9.72. The summed E-state index contributed by atoms with van der Waals surface area (Å²) < 4.78 is 1.85. The smallest absolute Gasteiger partial charge is 0.269 e. The first-order valence-corrected chi connectivity index (χ1v) is 5.15. The van der Waals surface area contributed by atoms with Crippen molar-refractivity contribution in [3.8, 4) is 0 Å². The highest BCUT2D eigenvalue weighted by atomic mass is 35.5. The number of aryl methyl sites for hydroxylation is 3. The molecule has 78 valence electrons. The summed E-state index contributed by atoms with van der Waals surface area (Å²) in [5.74, 6) is 0. The quantitative estimate of drug-likeness (QED) is 0.678. The fourth-order valence-corrected chi connectivity index (χ4v) is 2.29. The fourth-order valence-electron chi connectivity index (χ4n) is 2.02. The molecule has 0 spiro atoms. The highest BCUT2D eigenvalue weighted by Crippen LogP contribution is 2.26. The Balaban J connectivity index is 2.91. The molecule has 0 N–H and O–H groups in total. The van der Waals surface area contributed by atoms with E-state index < -0.39 is 5.24 Å². The van der Waals surface area contributed by atoms with E-state index in [2.05, 4.69) is 6.07 Å². The van der Waals surface area contributed by atoms with Gasteiger partial charge in [0.15, 0.2) is 0 Å². The highest BCUT2D eigenvalue weighted by molar-refractivity contribution is 6.67. The van der Waals surface area contributed by atoms with E-state index in [-0.39, 0.29) is 0 Å². The van der Waals surface area contributed by atoms with Gasteiger partial charge < -0.3 is 4.57 Å². The molecular weight excluding hydrogens is 210 g/mol. The lowest BCUT2D eigenvalue weighted by Gasteiger charge is -1.99. The van der Waals surface area contributed by atoms with Crippen molar-refractivity contribution in [2.24, 2.45) is 7.05 Å². The third kappa shape index (κ3) is 1.45. The number of hydrogen-bond acceptors (Lipinski definition) is 1. The van der Waals surface area contributed by atoms with Gasteiger partial charge in [-0.1, -0.05) is 11.6 Å². The molecule has 0 saturated heterocycles. The Morgan fingerprint density at radius 2 is 2.00 bits per heavy atom. The van der Waals surface area contributed by atoms with Crippen LogP contribution in [0.2, 0.25) is 0 Å². The molecule has 0 radical (unpaired) electrons. The van der Waals surface area contributed by atoms with Crippen molar-refractivity contribution >= 4 is 27.7 Å². The Kier molecular flexibility index (Phi) is 2.31. The molecule has 0 aliphatic heterocycles. The number of fused-ring (bicyclic) bond motifs is 1. The van der Waals surface area contributed by atoms with Crippen molar-refractivity contribution in [3.63, 3.8) is 0 Å². The van der Waals surface area contributed by atoms with E-state index in [0.29, 0.717) is 5.69 Å². The van der Waals surface area contributed by atoms with Crippen molar-refractivity contribution in [1.29, 1.82) is 0 Å². The molecule has 0 aliphatic carbocycles. The Bertz CT molecular complexity index is 554. The minimum Gasteiger partial charge on any atom is -0.340 e. The van der Waals surface area contributed by atoms with E-state index in [1.807, 2.05) is 37.6 Å². The first-order chi connectivity index (χ1) is 7.02. The van der Waals surface area contributed by atoms with Crippen LogP contribution in [0.25, 0.3) is 10.9 Å². The van der Waals surface area contributed by atoms with Gasteiger partial charge in [0.05, 0.1) is 0 Å². The second-order valence-corrected chi connectivity index (χ2v) is 4.17. The first kappa shape index (κ1) is 10.2. The van der Waals surface area contributed by atoms with Crippen molar-refractivity contribution in [1.82, 2.24) is 4.57 Å². The van der Waals surface area contributed by atoms with Gasteiger partial charge in [-0.15, -0.1) is 0 Å². The van der Waals surface area contributed by atoms with Crippen LogP contribution in [0.3, 0.4) is 0 Å². The highest BCUT2D eigenvalue weighted by Gasteiger charge is 2.16. The first-order valence-electron chi connectivity index (χ1n) is 4.78. The van der Waals surface area contributed by atoms with Gasteiger partial charge in [-0.25, -0.2) is 0 Å². The van der Waals surface area contributed by atoms with E-state index >= 15 is 0 Å². The molecular formula is C12H12ClNO. The van der Waals surface area contributed by atoms with Gasteiger partial charge in [0, 0.05) is 18.0 Å². The van der Waals surface area contributed by atoms with Crippen molar-refractivity contribution in [2.75, 3.05) is 0 Å². The van der Waals surface area contributed by atoms with Crippen molar-refractivity contribution < 1.29 is 4.79 Å². The molecule has 15 heavy (non-hydrogen) atoms. The van der Waals surface area contributed by atoms with E-state index in [1.54, 1.807) is 0 Å². The summed E-state index contributed by atoms with van der Waals surface area (Å²) in [6.07, 6.45) is 0. The lowest BCUT2D eigenvalue weighted by Crippen LogP contribution is -2.00. The molecule has 0 amide bonds. The Morgan fingerprint density at radius 1 is 1.33 bits per heavy atom. The Hall–Kier alpha value is -1.28. The molecule has 2 nitrogen and oxygen atoms in total. The Labute approximate surface area is 93.5 Å². The fraction of sp³-hybridized carbons (Fsp3) is 0.250. The van der Waals surface area contributed by atoms with Crippen LogP contribution in [-0.2, 0) is 7.05 Å². The number of benzene rings is 1. The van der Waals surface area contributed by atoms with Crippen LogP contribution >= 0.6 is 11.6 Å². The average Bonchev–Trinajstić information content (AvgIpc) is 2.39. The molecule has 1 aromatic heterocycles. The summed E-state index contributed by atoms with van der Waals surface area (Å²) in [5.41, 5.74) is 3.76. The zero-order valence-electron chi connectivity index (χ0n) is 8.97. The molecule has 3 heteroatoms. The maximum Gasteiger partial charge on any atom is 0.269 e. The molecule has 2 rings (SSSR count). The van der Waals surface area contributed by atoms with Crippen LogP contribution in [0.5, 0.6) is 0 Å². The van der Waals surface area contributed by atoms with Gasteiger partial charge >= 0.3 is 0 Å². The van der Waals surface area contributed by atoms with Crippen LogP contribution in [0.1, 0.15) is 21.6 Å². The number of carbonyl (C=O) groups excluding carboxylic acids is 1. The van der Waals surface area contributed by atoms with Gasteiger partial charge in [-0.3, -0.25) is 4.79 Å². The molecule has 0 saturated carbocycles. The monoisotopic (exact) mass is 221 g/mol. The van der Waals surface area contributed by atoms with E-state index in [0.717, 1.165) is 16.5 Å².